The van der Waals surface area contributed by atoms with Crippen LogP contribution in [0, 0.1) is 6.92 Å². The average Bonchev–Trinajstić information content (AvgIpc) is 2.89. The summed E-state index contributed by atoms with van der Waals surface area (Å²) in [6, 6.07) is 19.2. The first-order chi connectivity index (χ1) is 18.7. The first-order valence-electron chi connectivity index (χ1n) is 12.8. The number of hydrogen-bond donors (Lipinski definition) is 1. The molecule has 0 aliphatic rings. The van der Waals surface area contributed by atoms with Gasteiger partial charge in [-0.25, -0.2) is 8.42 Å². The first-order valence-corrected chi connectivity index (χ1v) is 14.6. The van der Waals surface area contributed by atoms with Crippen molar-refractivity contribution in [1.29, 1.82) is 0 Å². The molecule has 0 unspecified atom stereocenters. The minimum atomic E-state index is -4.20. The molecule has 3 aromatic carbocycles. The van der Waals surface area contributed by atoms with E-state index < -0.39 is 34.1 Å². The molecule has 3 aromatic rings. The number of carbonyl (C=O) groups is 2. The molecule has 0 bridgehead atoms. The van der Waals surface area contributed by atoms with E-state index in [1.807, 2.05) is 58.0 Å². The van der Waals surface area contributed by atoms with Crippen molar-refractivity contribution < 1.29 is 22.7 Å². The summed E-state index contributed by atoms with van der Waals surface area (Å²) in [4.78, 5) is 28.5. The predicted molar refractivity (Wildman–Crippen MR) is 158 cm³/mol. The van der Waals surface area contributed by atoms with Gasteiger partial charge in [-0.3, -0.25) is 13.9 Å². The molecule has 40 heavy (non-hydrogen) atoms. The Labute approximate surface area is 241 Å². The average molecular weight is 586 g/mol. The summed E-state index contributed by atoms with van der Waals surface area (Å²) in [6.45, 7) is 8.59. The fourth-order valence-electron chi connectivity index (χ4n) is 4.01. The highest BCUT2D eigenvalue weighted by atomic mass is 35.5. The number of anilines is 1. The number of nitrogens with one attached hydrogen (secondary N) is 1. The number of nitrogens with zero attached hydrogens (tertiary/aromatic N) is 2. The Hall–Kier alpha value is -3.56. The lowest BCUT2D eigenvalue weighted by Gasteiger charge is -2.33. The van der Waals surface area contributed by atoms with Crippen LogP contribution in [0.1, 0.15) is 38.8 Å². The maximum Gasteiger partial charge on any atom is 0.264 e. The van der Waals surface area contributed by atoms with E-state index in [1.54, 1.807) is 25.1 Å². The van der Waals surface area contributed by atoms with Gasteiger partial charge in [-0.15, -0.1) is 0 Å². The summed E-state index contributed by atoms with van der Waals surface area (Å²) in [7, 11) is -2.74. The number of methoxy groups -OCH3 is 1. The summed E-state index contributed by atoms with van der Waals surface area (Å²) < 4.78 is 34.1. The summed E-state index contributed by atoms with van der Waals surface area (Å²) in [5.41, 5.74) is 1.35. The van der Waals surface area contributed by atoms with Crippen molar-refractivity contribution in [3.05, 3.63) is 88.9 Å². The van der Waals surface area contributed by atoms with Gasteiger partial charge >= 0.3 is 0 Å². The van der Waals surface area contributed by atoms with Crippen LogP contribution in [-0.4, -0.2) is 50.4 Å². The molecule has 0 aromatic heterocycles. The maximum atomic E-state index is 14.0. The van der Waals surface area contributed by atoms with Crippen LogP contribution < -0.4 is 14.4 Å². The van der Waals surface area contributed by atoms with Crippen molar-refractivity contribution >= 4 is 39.1 Å². The van der Waals surface area contributed by atoms with Gasteiger partial charge in [-0.1, -0.05) is 59.6 Å². The van der Waals surface area contributed by atoms with Gasteiger partial charge in [0, 0.05) is 12.1 Å². The minimum absolute atomic E-state index is 0.0194. The number of sulfonamides is 1. The highest BCUT2D eigenvalue weighted by Crippen LogP contribution is 2.32. The lowest BCUT2D eigenvalue weighted by Crippen LogP contribution is -2.54. The number of benzene rings is 3. The smallest absolute Gasteiger partial charge is 0.264 e. The van der Waals surface area contributed by atoms with E-state index in [1.165, 1.54) is 36.3 Å². The number of hydrogen-bond acceptors (Lipinski definition) is 5. The molecule has 0 aliphatic heterocycles. The van der Waals surface area contributed by atoms with Crippen LogP contribution in [-0.2, 0) is 26.2 Å². The number of ether oxygens (including phenoxy) is 1. The Kier molecular flexibility index (Phi) is 9.87. The van der Waals surface area contributed by atoms with Crippen molar-refractivity contribution in [3.8, 4) is 5.75 Å². The third kappa shape index (κ3) is 7.76. The highest BCUT2D eigenvalue weighted by Gasteiger charge is 2.33. The summed E-state index contributed by atoms with van der Waals surface area (Å²) in [5.74, 6) is -0.539. The van der Waals surface area contributed by atoms with Gasteiger partial charge in [0.1, 0.15) is 18.3 Å². The lowest BCUT2D eigenvalue weighted by molar-refractivity contribution is -0.140. The summed E-state index contributed by atoms with van der Waals surface area (Å²) >= 11 is 6.36. The first kappa shape index (κ1) is 31.0. The largest absolute Gasteiger partial charge is 0.495 e. The van der Waals surface area contributed by atoms with Crippen LogP contribution in [0.25, 0.3) is 0 Å². The van der Waals surface area contributed by atoms with Crippen LogP contribution in [0.3, 0.4) is 0 Å². The third-order valence-corrected chi connectivity index (χ3v) is 8.26. The molecule has 0 spiro atoms. The molecule has 0 saturated heterocycles. The van der Waals surface area contributed by atoms with Crippen LogP contribution in [0.5, 0.6) is 5.75 Å². The zero-order valence-corrected chi connectivity index (χ0v) is 25.2. The molecule has 3 rings (SSSR count). The monoisotopic (exact) mass is 585 g/mol. The zero-order chi connectivity index (χ0) is 29.7. The van der Waals surface area contributed by atoms with Gasteiger partial charge in [0.2, 0.25) is 11.8 Å². The number of carbonyl (C=O) groups excluding carboxylic acids is 2. The van der Waals surface area contributed by atoms with E-state index in [-0.39, 0.29) is 28.1 Å². The maximum absolute atomic E-state index is 14.0. The molecular formula is C30H36ClN3O5S. The molecule has 0 aliphatic carbocycles. The highest BCUT2D eigenvalue weighted by molar-refractivity contribution is 7.92. The van der Waals surface area contributed by atoms with E-state index in [9.17, 15) is 18.0 Å². The fraction of sp³-hybridized carbons (Fsp3) is 0.333. The number of rotatable bonds is 10. The van der Waals surface area contributed by atoms with E-state index in [4.69, 9.17) is 16.3 Å². The Morgan fingerprint density at radius 3 is 2.17 bits per heavy atom. The lowest BCUT2D eigenvalue weighted by atomic mass is 10.1. The fourth-order valence-corrected chi connectivity index (χ4v) is 5.67. The van der Waals surface area contributed by atoms with Crippen molar-refractivity contribution in [3.63, 3.8) is 0 Å². The van der Waals surface area contributed by atoms with E-state index >= 15 is 0 Å². The van der Waals surface area contributed by atoms with E-state index in [0.717, 1.165) is 15.4 Å². The predicted octanol–water partition coefficient (Wildman–Crippen LogP) is 5.18. The number of amides is 2. The third-order valence-electron chi connectivity index (χ3n) is 6.17. The van der Waals surface area contributed by atoms with Crippen LogP contribution >= 0.6 is 11.6 Å². The van der Waals surface area contributed by atoms with Crippen molar-refractivity contribution in [2.75, 3.05) is 18.0 Å². The second-order valence-electron chi connectivity index (χ2n) is 10.6. The normalized spacial score (nSPS) is 12.4. The molecule has 2 amide bonds. The molecule has 214 valence electrons. The molecule has 1 atom stereocenters. The van der Waals surface area contributed by atoms with Crippen LogP contribution in [0.4, 0.5) is 5.69 Å². The zero-order valence-electron chi connectivity index (χ0n) is 23.6. The summed E-state index contributed by atoms with van der Waals surface area (Å²) in [6.07, 6.45) is 0. The second kappa shape index (κ2) is 12.7. The van der Waals surface area contributed by atoms with Gasteiger partial charge < -0.3 is 15.0 Å². The Balaban J connectivity index is 2.06. The number of halogens is 1. The Morgan fingerprint density at radius 2 is 1.62 bits per heavy atom. The topological polar surface area (TPSA) is 96.0 Å². The molecule has 0 radical (unpaired) electrons. The van der Waals surface area contributed by atoms with Gasteiger partial charge in [0.05, 0.1) is 22.7 Å². The molecule has 0 heterocycles. The van der Waals surface area contributed by atoms with Gasteiger partial charge in [-0.05, 0) is 70.5 Å². The van der Waals surface area contributed by atoms with E-state index in [2.05, 4.69) is 5.32 Å². The number of aryl methyl sites for hydroxylation is 1. The Morgan fingerprint density at radius 1 is 1.00 bits per heavy atom. The van der Waals surface area contributed by atoms with Crippen molar-refractivity contribution in [1.82, 2.24) is 10.2 Å². The molecule has 0 saturated carbocycles. The van der Waals surface area contributed by atoms with Gasteiger partial charge in [0.25, 0.3) is 10.0 Å². The molecule has 8 nitrogen and oxygen atoms in total. The van der Waals surface area contributed by atoms with Crippen LogP contribution in [0.2, 0.25) is 5.02 Å². The molecular weight excluding hydrogens is 550 g/mol. The molecule has 0 fully saturated rings. The molecule has 10 heteroatoms. The minimum Gasteiger partial charge on any atom is -0.495 e. The SMILES string of the molecule is COc1ccc(N(CC(=O)N(Cc2ccccc2)[C@H](C)C(=O)NC(C)(C)C)S(=O)(=O)c2ccc(C)cc2)cc1Cl. The van der Waals surface area contributed by atoms with Gasteiger partial charge in [0.15, 0.2) is 0 Å². The van der Waals surface area contributed by atoms with Crippen LogP contribution in [0.15, 0.2) is 77.7 Å². The van der Waals surface area contributed by atoms with Gasteiger partial charge in [-0.2, -0.15) is 0 Å². The van der Waals surface area contributed by atoms with E-state index in [0.29, 0.717) is 5.75 Å². The molecule has 1 N–H and O–H groups in total. The second-order valence-corrected chi connectivity index (χ2v) is 12.8. The quantitative estimate of drug-likeness (QED) is 0.353. The van der Waals surface area contributed by atoms with Crippen molar-refractivity contribution in [2.24, 2.45) is 0 Å². The Bertz CT molecular complexity index is 1440. The standard InChI is InChI=1S/C30H36ClN3O5S/c1-21-12-15-25(16-13-21)40(37,38)34(24-14-17-27(39-6)26(31)18-24)20-28(35)33(19-23-10-8-7-9-11-23)22(2)29(36)32-30(3,4)5/h7-18,22H,19-20H2,1-6H3,(H,32,36)/t22-/m1/s1. The summed E-state index contributed by atoms with van der Waals surface area (Å²) in [5, 5.41) is 3.10. The van der Waals surface area contributed by atoms with Crippen molar-refractivity contribution in [2.45, 2.75) is 57.6 Å².